The minimum atomic E-state index is -3.42. The normalized spacial score (nSPS) is 28.6. The van der Waals surface area contributed by atoms with Gasteiger partial charge in [-0.25, -0.2) is 17.7 Å². The van der Waals surface area contributed by atoms with Crippen LogP contribution in [-0.4, -0.2) is 60.1 Å². The Balaban J connectivity index is 1.58. The van der Waals surface area contributed by atoms with Crippen molar-refractivity contribution in [1.29, 1.82) is 0 Å². The second-order valence-corrected chi connectivity index (χ2v) is 9.46. The maximum atomic E-state index is 13.1. The van der Waals surface area contributed by atoms with E-state index in [4.69, 9.17) is 4.74 Å². The first-order valence-electron chi connectivity index (χ1n) is 8.81. The fourth-order valence-electron chi connectivity index (χ4n) is 4.02. The van der Waals surface area contributed by atoms with Crippen molar-refractivity contribution in [1.82, 2.24) is 14.2 Å². The molecular weight excluding hydrogens is 350 g/mol. The summed E-state index contributed by atoms with van der Waals surface area (Å²) in [6.45, 7) is 2.33. The minimum Gasteiger partial charge on any atom is -0.471 e. The van der Waals surface area contributed by atoms with Crippen molar-refractivity contribution in [2.75, 3.05) is 26.7 Å². The topological polar surface area (TPSA) is 62.7 Å². The van der Waals surface area contributed by atoms with Crippen LogP contribution in [0.5, 0.6) is 5.88 Å². The number of benzene rings is 1. The van der Waals surface area contributed by atoms with Gasteiger partial charge in [0.05, 0.1) is 6.54 Å². The molecular formula is C19H23N3O3S. The summed E-state index contributed by atoms with van der Waals surface area (Å²) in [6, 6.07) is 15.6. The van der Waals surface area contributed by atoms with Gasteiger partial charge in [0.2, 0.25) is 15.9 Å². The van der Waals surface area contributed by atoms with Crippen LogP contribution in [0.3, 0.4) is 0 Å². The van der Waals surface area contributed by atoms with Gasteiger partial charge < -0.3 is 4.74 Å². The van der Waals surface area contributed by atoms with E-state index in [1.54, 1.807) is 19.3 Å². The third kappa shape index (κ3) is 2.90. The summed E-state index contributed by atoms with van der Waals surface area (Å²) in [5.41, 5.74) is 1.19. The predicted molar refractivity (Wildman–Crippen MR) is 99.3 cm³/mol. The maximum absolute atomic E-state index is 13.1. The van der Waals surface area contributed by atoms with Crippen LogP contribution in [0.1, 0.15) is 12.0 Å². The van der Waals surface area contributed by atoms with E-state index >= 15 is 0 Å². The van der Waals surface area contributed by atoms with Crippen molar-refractivity contribution in [2.24, 2.45) is 0 Å². The maximum Gasteiger partial charge on any atom is 0.224 e. The molecule has 138 valence electrons. The molecule has 2 atom stereocenters. The Kier molecular flexibility index (Phi) is 4.46. The zero-order chi connectivity index (χ0) is 18.2. The van der Waals surface area contributed by atoms with Crippen LogP contribution in [0.25, 0.3) is 0 Å². The van der Waals surface area contributed by atoms with Gasteiger partial charge in [0.1, 0.15) is 10.9 Å². The molecule has 2 fully saturated rings. The summed E-state index contributed by atoms with van der Waals surface area (Å²) in [4.78, 5) is 6.42. The Morgan fingerprint density at radius 1 is 1.19 bits per heavy atom. The lowest BCUT2D eigenvalue weighted by molar-refractivity contribution is 0.148. The van der Waals surface area contributed by atoms with Crippen LogP contribution in [0.15, 0.2) is 54.7 Å². The number of likely N-dealkylation sites (N-methyl/N-ethyl adjacent to an activating group) is 1. The predicted octanol–water partition coefficient (Wildman–Crippen LogP) is 1.75. The number of sulfonamides is 1. The molecule has 1 spiro atoms. The summed E-state index contributed by atoms with van der Waals surface area (Å²) in [5, 5.41) is 0. The van der Waals surface area contributed by atoms with Crippen LogP contribution in [0, 0.1) is 0 Å². The number of hydrogen-bond donors (Lipinski definition) is 0. The molecule has 3 heterocycles. The lowest BCUT2D eigenvalue weighted by Crippen LogP contribution is -2.50. The molecule has 1 aromatic heterocycles. The van der Waals surface area contributed by atoms with Gasteiger partial charge in [-0.05, 0) is 18.1 Å². The van der Waals surface area contributed by atoms with Crippen molar-refractivity contribution >= 4 is 10.0 Å². The highest BCUT2D eigenvalue weighted by Gasteiger charge is 2.62. The monoisotopic (exact) mass is 373 g/mol. The highest BCUT2D eigenvalue weighted by molar-refractivity contribution is 7.90. The van der Waals surface area contributed by atoms with Crippen molar-refractivity contribution in [2.45, 2.75) is 23.8 Å². The fraction of sp³-hybridized carbons (Fsp3) is 0.421. The van der Waals surface area contributed by atoms with Crippen LogP contribution >= 0.6 is 0 Å². The van der Waals surface area contributed by atoms with Crippen molar-refractivity contribution < 1.29 is 13.2 Å². The van der Waals surface area contributed by atoms with Gasteiger partial charge in [-0.1, -0.05) is 36.4 Å². The Labute approximate surface area is 154 Å². The van der Waals surface area contributed by atoms with Crippen molar-refractivity contribution in [3.63, 3.8) is 0 Å². The summed E-state index contributed by atoms with van der Waals surface area (Å²) in [6.07, 6.45) is 1.81. The van der Waals surface area contributed by atoms with Gasteiger partial charge in [0, 0.05) is 38.9 Å². The molecule has 7 heteroatoms. The van der Waals surface area contributed by atoms with Crippen LogP contribution in [0.2, 0.25) is 0 Å². The number of aromatic nitrogens is 1. The Hall–Kier alpha value is -1.96. The Morgan fingerprint density at radius 2 is 1.96 bits per heavy atom. The number of hydrogen-bond acceptors (Lipinski definition) is 5. The van der Waals surface area contributed by atoms with Crippen LogP contribution in [-0.2, 0) is 16.6 Å². The Morgan fingerprint density at radius 3 is 2.69 bits per heavy atom. The van der Waals surface area contributed by atoms with Gasteiger partial charge in [0.25, 0.3) is 0 Å². The quantitative estimate of drug-likeness (QED) is 0.817. The number of nitrogens with zero attached hydrogens (tertiary/aromatic N) is 3. The first-order chi connectivity index (χ1) is 12.5. The highest BCUT2D eigenvalue weighted by atomic mass is 32.2. The summed E-state index contributed by atoms with van der Waals surface area (Å²) >= 11 is 0. The van der Waals surface area contributed by atoms with Gasteiger partial charge in [-0.2, -0.15) is 0 Å². The van der Waals surface area contributed by atoms with Gasteiger partial charge in [-0.15, -0.1) is 0 Å². The zero-order valence-electron chi connectivity index (χ0n) is 14.8. The largest absolute Gasteiger partial charge is 0.471 e. The van der Waals surface area contributed by atoms with Gasteiger partial charge in [0.15, 0.2) is 0 Å². The number of ether oxygens (including phenoxy) is 1. The average Bonchev–Trinajstić information content (AvgIpc) is 3.14. The van der Waals surface area contributed by atoms with E-state index in [0.29, 0.717) is 25.4 Å². The van der Waals surface area contributed by atoms with Crippen molar-refractivity contribution in [3.05, 3.63) is 60.3 Å². The molecule has 2 aliphatic rings. The summed E-state index contributed by atoms with van der Waals surface area (Å²) in [5.74, 6) is 0.476. The molecule has 0 amide bonds. The zero-order valence-corrected chi connectivity index (χ0v) is 15.6. The molecule has 0 unspecified atom stereocenters. The van der Waals surface area contributed by atoms with E-state index < -0.39 is 20.9 Å². The standard InChI is InChI=1S/C19H23N3O3S/c1-21-14-17(25-18-9-5-6-11-20-18)19(26(21,23)24)10-12-22(15-19)13-16-7-3-2-4-8-16/h2-9,11,17H,10,12-15H2,1H3/t17-,19+/m0/s1. The molecule has 2 saturated heterocycles. The van der Waals surface area contributed by atoms with E-state index in [9.17, 15) is 8.42 Å². The smallest absolute Gasteiger partial charge is 0.224 e. The number of rotatable bonds is 4. The summed E-state index contributed by atoms with van der Waals surface area (Å²) < 4.78 is 32.8. The average molecular weight is 373 g/mol. The van der Waals surface area contributed by atoms with Crippen LogP contribution < -0.4 is 4.74 Å². The van der Waals surface area contributed by atoms with E-state index in [-0.39, 0.29) is 0 Å². The Bertz CT molecular complexity index is 860. The van der Waals surface area contributed by atoms with E-state index in [0.717, 1.165) is 13.1 Å². The lowest BCUT2D eigenvalue weighted by Gasteiger charge is -2.29. The molecule has 4 rings (SSSR count). The van der Waals surface area contributed by atoms with E-state index in [1.807, 2.05) is 30.3 Å². The third-order valence-corrected chi connectivity index (χ3v) is 8.02. The first-order valence-corrected chi connectivity index (χ1v) is 10.3. The fourth-order valence-corrected chi connectivity index (χ4v) is 6.12. The van der Waals surface area contributed by atoms with E-state index in [2.05, 4.69) is 22.0 Å². The molecule has 2 aliphatic heterocycles. The highest BCUT2D eigenvalue weighted by Crippen LogP contribution is 2.42. The molecule has 6 nitrogen and oxygen atoms in total. The van der Waals surface area contributed by atoms with Crippen molar-refractivity contribution in [3.8, 4) is 5.88 Å². The van der Waals surface area contributed by atoms with Gasteiger partial charge in [-0.3, -0.25) is 4.90 Å². The van der Waals surface area contributed by atoms with E-state index in [1.165, 1.54) is 9.87 Å². The molecule has 0 saturated carbocycles. The molecule has 2 aromatic rings. The number of pyridine rings is 1. The second-order valence-electron chi connectivity index (χ2n) is 7.07. The first kappa shape index (κ1) is 17.5. The van der Waals surface area contributed by atoms with Crippen LogP contribution in [0.4, 0.5) is 0 Å². The lowest BCUT2D eigenvalue weighted by atomic mass is 10.0. The molecule has 0 radical (unpaired) electrons. The molecule has 26 heavy (non-hydrogen) atoms. The third-order valence-electron chi connectivity index (χ3n) is 5.43. The molecule has 0 N–H and O–H groups in total. The SMILES string of the molecule is CN1C[C@H](Oc2ccccn2)[C@]2(CCN(Cc3ccccc3)C2)S1(=O)=O. The molecule has 1 aromatic carbocycles. The summed E-state index contributed by atoms with van der Waals surface area (Å²) in [7, 11) is -1.78. The second kappa shape index (κ2) is 6.64. The number of likely N-dealkylation sites (tertiary alicyclic amines) is 1. The van der Waals surface area contributed by atoms with Gasteiger partial charge >= 0.3 is 0 Å². The molecule has 0 bridgehead atoms. The minimum absolute atomic E-state index is 0.359. The molecule has 0 aliphatic carbocycles.